The molecular formula is C22H28N2O4. The summed E-state index contributed by atoms with van der Waals surface area (Å²) in [6.07, 6.45) is 1.42. The van der Waals surface area contributed by atoms with Gasteiger partial charge >= 0.3 is 0 Å². The van der Waals surface area contributed by atoms with Gasteiger partial charge in [0, 0.05) is 24.2 Å². The van der Waals surface area contributed by atoms with E-state index in [4.69, 9.17) is 9.47 Å². The van der Waals surface area contributed by atoms with Crippen molar-refractivity contribution < 1.29 is 19.1 Å². The van der Waals surface area contributed by atoms with Crippen molar-refractivity contribution >= 4 is 23.2 Å². The van der Waals surface area contributed by atoms with Gasteiger partial charge in [-0.15, -0.1) is 0 Å². The molecule has 150 valence electrons. The highest BCUT2D eigenvalue weighted by Crippen LogP contribution is 2.28. The Kier molecular flexibility index (Phi) is 7.87. The molecule has 0 saturated heterocycles. The lowest BCUT2D eigenvalue weighted by molar-refractivity contribution is -0.117. The minimum absolute atomic E-state index is 0.0123. The van der Waals surface area contributed by atoms with Crippen LogP contribution in [0.25, 0.3) is 0 Å². The van der Waals surface area contributed by atoms with E-state index in [1.807, 2.05) is 32.0 Å². The molecule has 2 amide bonds. The number of aryl methyl sites for hydroxylation is 1. The summed E-state index contributed by atoms with van der Waals surface area (Å²) < 4.78 is 10.5. The van der Waals surface area contributed by atoms with Crippen LogP contribution in [0.1, 0.15) is 32.3 Å². The van der Waals surface area contributed by atoms with Crippen molar-refractivity contribution in [2.45, 2.75) is 33.1 Å². The Morgan fingerprint density at radius 2 is 1.43 bits per heavy atom. The van der Waals surface area contributed by atoms with Gasteiger partial charge in [0.25, 0.3) is 0 Å². The topological polar surface area (TPSA) is 76.7 Å². The van der Waals surface area contributed by atoms with E-state index in [0.29, 0.717) is 48.1 Å². The minimum atomic E-state index is -0.0774. The number of hydrogen-bond donors (Lipinski definition) is 2. The van der Waals surface area contributed by atoms with Crippen molar-refractivity contribution in [1.82, 2.24) is 0 Å². The molecule has 0 radical (unpaired) electrons. The van der Waals surface area contributed by atoms with Crippen LogP contribution in [0, 0.1) is 5.92 Å². The normalized spacial score (nSPS) is 10.5. The highest BCUT2D eigenvalue weighted by Gasteiger charge is 2.08. The first kappa shape index (κ1) is 21.3. The summed E-state index contributed by atoms with van der Waals surface area (Å²) in [5.74, 6) is 1.53. The molecule has 0 fully saturated rings. The average Bonchev–Trinajstić information content (AvgIpc) is 2.67. The van der Waals surface area contributed by atoms with Crippen LogP contribution in [-0.2, 0) is 16.0 Å². The van der Waals surface area contributed by atoms with Crippen LogP contribution in [0.3, 0.4) is 0 Å². The number of anilines is 2. The van der Waals surface area contributed by atoms with Gasteiger partial charge in [0.1, 0.15) is 0 Å². The van der Waals surface area contributed by atoms with E-state index in [-0.39, 0.29) is 11.8 Å². The summed E-state index contributed by atoms with van der Waals surface area (Å²) in [6.45, 7) is 4.00. The second-order valence-electron chi connectivity index (χ2n) is 6.96. The SMILES string of the molecule is COc1ccc(CCC(=O)Nc2ccc(NC(=O)CC(C)C)cc2)cc1OC. The fraction of sp³-hybridized carbons (Fsp3) is 0.364. The van der Waals surface area contributed by atoms with E-state index in [2.05, 4.69) is 10.6 Å². The highest BCUT2D eigenvalue weighted by molar-refractivity contribution is 5.93. The third kappa shape index (κ3) is 6.61. The largest absolute Gasteiger partial charge is 0.493 e. The fourth-order valence-corrected chi connectivity index (χ4v) is 2.74. The number of carbonyl (C=O) groups excluding carboxylic acids is 2. The third-order valence-electron chi connectivity index (χ3n) is 4.13. The lowest BCUT2D eigenvalue weighted by atomic mass is 10.1. The van der Waals surface area contributed by atoms with Crippen molar-refractivity contribution in [3.63, 3.8) is 0 Å². The molecule has 2 N–H and O–H groups in total. The predicted molar refractivity (Wildman–Crippen MR) is 111 cm³/mol. The highest BCUT2D eigenvalue weighted by atomic mass is 16.5. The average molecular weight is 384 g/mol. The number of amides is 2. The van der Waals surface area contributed by atoms with Gasteiger partial charge in [-0.25, -0.2) is 0 Å². The van der Waals surface area contributed by atoms with Gasteiger partial charge in [-0.3, -0.25) is 9.59 Å². The zero-order chi connectivity index (χ0) is 20.5. The number of rotatable bonds is 9. The standard InChI is InChI=1S/C22H28N2O4/c1-15(2)13-22(26)24-18-9-7-17(8-10-18)23-21(25)12-6-16-5-11-19(27-3)20(14-16)28-4/h5,7-11,14-15H,6,12-13H2,1-4H3,(H,23,25)(H,24,26). The molecule has 0 spiro atoms. The first-order valence-electron chi connectivity index (χ1n) is 9.32. The Morgan fingerprint density at radius 3 is 1.96 bits per heavy atom. The monoisotopic (exact) mass is 384 g/mol. The van der Waals surface area contributed by atoms with Gasteiger partial charge in [0.2, 0.25) is 11.8 Å². The van der Waals surface area contributed by atoms with E-state index in [9.17, 15) is 9.59 Å². The first-order chi connectivity index (χ1) is 13.4. The maximum atomic E-state index is 12.2. The number of nitrogens with one attached hydrogen (secondary N) is 2. The van der Waals surface area contributed by atoms with Gasteiger partial charge in [-0.1, -0.05) is 19.9 Å². The van der Waals surface area contributed by atoms with Crippen molar-refractivity contribution in [2.75, 3.05) is 24.9 Å². The van der Waals surface area contributed by atoms with Crippen LogP contribution < -0.4 is 20.1 Å². The molecule has 0 unspecified atom stereocenters. The second-order valence-corrected chi connectivity index (χ2v) is 6.96. The van der Waals surface area contributed by atoms with Gasteiger partial charge < -0.3 is 20.1 Å². The summed E-state index contributed by atoms with van der Waals surface area (Å²) in [5.41, 5.74) is 2.41. The van der Waals surface area contributed by atoms with E-state index >= 15 is 0 Å². The molecule has 6 nitrogen and oxygen atoms in total. The number of methoxy groups -OCH3 is 2. The molecule has 2 aromatic carbocycles. The Bertz CT molecular complexity index is 801. The number of carbonyl (C=O) groups is 2. The summed E-state index contributed by atoms with van der Waals surface area (Å²) in [5, 5.41) is 5.72. The molecule has 0 aromatic heterocycles. The van der Waals surface area contributed by atoms with Crippen LogP contribution >= 0.6 is 0 Å². The molecular weight excluding hydrogens is 356 g/mol. The Labute approximate surface area is 166 Å². The Hall–Kier alpha value is -3.02. The van der Waals surface area contributed by atoms with Gasteiger partial charge in [-0.2, -0.15) is 0 Å². The van der Waals surface area contributed by atoms with E-state index in [0.717, 1.165) is 5.56 Å². The van der Waals surface area contributed by atoms with Gasteiger partial charge in [0.15, 0.2) is 11.5 Å². The molecule has 28 heavy (non-hydrogen) atoms. The first-order valence-corrected chi connectivity index (χ1v) is 9.32. The molecule has 0 saturated carbocycles. The molecule has 2 rings (SSSR count). The molecule has 0 aliphatic heterocycles. The van der Waals surface area contributed by atoms with Crippen molar-refractivity contribution in [3.8, 4) is 11.5 Å². The van der Waals surface area contributed by atoms with Crippen LogP contribution in [0.4, 0.5) is 11.4 Å². The summed E-state index contributed by atoms with van der Waals surface area (Å²) in [7, 11) is 3.18. The number of ether oxygens (including phenoxy) is 2. The van der Waals surface area contributed by atoms with Gasteiger partial charge in [-0.05, 0) is 54.3 Å². The predicted octanol–water partition coefficient (Wildman–Crippen LogP) is 4.26. The van der Waals surface area contributed by atoms with E-state index in [1.54, 1.807) is 38.5 Å². The molecule has 0 aliphatic rings. The molecule has 0 bridgehead atoms. The quantitative estimate of drug-likeness (QED) is 0.677. The Balaban J connectivity index is 1.85. The lowest BCUT2D eigenvalue weighted by Gasteiger charge is -2.10. The van der Waals surface area contributed by atoms with Crippen molar-refractivity contribution in [3.05, 3.63) is 48.0 Å². The maximum Gasteiger partial charge on any atom is 0.224 e. The Morgan fingerprint density at radius 1 is 0.857 bits per heavy atom. The maximum absolute atomic E-state index is 12.2. The number of hydrogen-bond acceptors (Lipinski definition) is 4. The molecule has 0 heterocycles. The zero-order valence-corrected chi connectivity index (χ0v) is 16.9. The minimum Gasteiger partial charge on any atom is -0.493 e. The third-order valence-corrected chi connectivity index (χ3v) is 4.13. The lowest BCUT2D eigenvalue weighted by Crippen LogP contribution is -2.14. The summed E-state index contributed by atoms with van der Waals surface area (Å²) in [6, 6.07) is 12.7. The van der Waals surface area contributed by atoms with Crippen LogP contribution in [-0.4, -0.2) is 26.0 Å². The summed E-state index contributed by atoms with van der Waals surface area (Å²) in [4.78, 5) is 24.0. The fourth-order valence-electron chi connectivity index (χ4n) is 2.74. The molecule has 2 aromatic rings. The van der Waals surface area contributed by atoms with Crippen LogP contribution in [0.15, 0.2) is 42.5 Å². The second kappa shape index (κ2) is 10.3. The van der Waals surface area contributed by atoms with Crippen LogP contribution in [0.2, 0.25) is 0 Å². The molecule has 0 aliphatic carbocycles. The molecule has 6 heteroatoms. The van der Waals surface area contributed by atoms with E-state index in [1.165, 1.54) is 0 Å². The van der Waals surface area contributed by atoms with Crippen molar-refractivity contribution in [1.29, 1.82) is 0 Å². The van der Waals surface area contributed by atoms with Crippen molar-refractivity contribution in [2.24, 2.45) is 5.92 Å². The smallest absolute Gasteiger partial charge is 0.224 e. The van der Waals surface area contributed by atoms with Crippen LogP contribution in [0.5, 0.6) is 11.5 Å². The zero-order valence-electron chi connectivity index (χ0n) is 16.9. The van der Waals surface area contributed by atoms with E-state index < -0.39 is 0 Å². The molecule has 0 atom stereocenters. The number of benzene rings is 2. The summed E-state index contributed by atoms with van der Waals surface area (Å²) >= 11 is 0. The van der Waals surface area contributed by atoms with Gasteiger partial charge in [0.05, 0.1) is 14.2 Å².